The van der Waals surface area contributed by atoms with Crippen LogP contribution in [-0.2, 0) is 9.53 Å². The highest BCUT2D eigenvalue weighted by atomic mass is 19.4. The van der Waals surface area contributed by atoms with Crippen LogP contribution in [0.25, 0.3) is 33.6 Å². The number of H-pyrrole nitrogens is 2. The molecule has 3 atom stereocenters. The minimum atomic E-state index is -4.39. The summed E-state index contributed by atoms with van der Waals surface area (Å²) in [5.74, 6) is 1.53. The van der Waals surface area contributed by atoms with Crippen LogP contribution in [0.1, 0.15) is 55.8 Å². The number of amides is 1. The number of nitrogens with zero attached hydrogens (tertiary/aromatic N) is 3. The van der Waals surface area contributed by atoms with Crippen molar-refractivity contribution in [2.75, 3.05) is 33.4 Å². The Labute approximate surface area is 260 Å². The maximum atomic E-state index is 13.3. The molecule has 0 spiro atoms. The summed E-state index contributed by atoms with van der Waals surface area (Å²) in [4.78, 5) is 31.1. The van der Waals surface area contributed by atoms with Gasteiger partial charge in [0.05, 0.1) is 41.9 Å². The van der Waals surface area contributed by atoms with E-state index >= 15 is 0 Å². The van der Waals surface area contributed by atoms with Crippen LogP contribution in [0.4, 0.5) is 13.2 Å². The Bertz CT molecular complexity index is 1560. The van der Waals surface area contributed by atoms with E-state index in [-0.39, 0.29) is 25.0 Å². The van der Waals surface area contributed by atoms with Crippen LogP contribution in [0.5, 0.6) is 0 Å². The van der Waals surface area contributed by atoms with E-state index in [1.165, 1.54) is 6.42 Å². The molecule has 238 valence electrons. The van der Waals surface area contributed by atoms with Gasteiger partial charge < -0.3 is 30.2 Å². The fourth-order valence-electron chi connectivity index (χ4n) is 6.21. The highest BCUT2D eigenvalue weighted by Crippen LogP contribution is 2.33. The number of likely N-dealkylation sites (N-methyl/N-ethyl adjacent to an activating group) is 1. The van der Waals surface area contributed by atoms with Gasteiger partial charge in [0, 0.05) is 13.2 Å². The molecule has 2 aromatic carbocycles. The van der Waals surface area contributed by atoms with Gasteiger partial charge in [0.1, 0.15) is 18.3 Å². The third kappa shape index (κ3) is 7.29. The van der Waals surface area contributed by atoms with Crippen LogP contribution >= 0.6 is 0 Å². The molecule has 2 saturated heterocycles. The lowest BCUT2D eigenvalue weighted by Gasteiger charge is -2.27. The molecule has 12 heteroatoms. The summed E-state index contributed by atoms with van der Waals surface area (Å²) >= 11 is 0. The lowest BCUT2D eigenvalue weighted by molar-refractivity contribution is -0.174. The molecule has 2 aliphatic rings. The molecule has 2 fully saturated rings. The number of carbonyl (C=O) groups is 1. The van der Waals surface area contributed by atoms with Gasteiger partial charge in [-0.25, -0.2) is 9.97 Å². The molecule has 45 heavy (non-hydrogen) atoms. The number of alkyl halides is 3. The van der Waals surface area contributed by atoms with Gasteiger partial charge in [0.2, 0.25) is 5.91 Å². The van der Waals surface area contributed by atoms with Gasteiger partial charge >= 0.3 is 6.18 Å². The number of aromatic nitrogens is 4. The number of aromatic amines is 2. The van der Waals surface area contributed by atoms with Crippen molar-refractivity contribution in [3.05, 3.63) is 72.6 Å². The number of hydrogen-bond donors (Lipinski definition) is 4. The maximum Gasteiger partial charge on any atom is 0.411 e. The number of imidazole rings is 2. The Morgan fingerprint density at radius 1 is 0.933 bits per heavy atom. The molecule has 4 heterocycles. The largest absolute Gasteiger partial charge is 0.411 e. The second-order valence-electron chi connectivity index (χ2n) is 11.7. The predicted octanol–water partition coefficient (Wildman–Crippen LogP) is 5.78. The Kier molecular flexibility index (Phi) is 9.34. The molecule has 6 rings (SSSR count). The van der Waals surface area contributed by atoms with Crippen molar-refractivity contribution in [3.8, 4) is 33.6 Å². The summed E-state index contributed by atoms with van der Waals surface area (Å²) in [5.41, 5.74) is 6.13. The summed E-state index contributed by atoms with van der Waals surface area (Å²) in [6.07, 6.45) is 3.29. The zero-order chi connectivity index (χ0) is 31.4. The number of rotatable bonds is 11. The summed E-state index contributed by atoms with van der Waals surface area (Å²) in [7, 11) is 1.63. The predicted molar refractivity (Wildman–Crippen MR) is 165 cm³/mol. The van der Waals surface area contributed by atoms with Crippen molar-refractivity contribution < 1.29 is 22.7 Å². The molecule has 9 nitrogen and oxygen atoms in total. The van der Waals surface area contributed by atoms with Crippen LogP contribution in [0.3, 0.4) is 0 Å². The third-order valence-electron chi connectivity index (χ3n) is 8.62. The second-order valence-corrected chi connectivity index (χ2v) is 11.7. The topological polar surface area (TPSA) is 111 Å². The Hall–Kier alpha value is -4.00. The van der Waals surface area contributed by atoms with Crippen molar-refractivity contribution in [2.45, 2.75) is 56.4 Å². The van der Waals surface area contributed by atoms with E-state index in [1.807, 2.05) is 18.3 Å². The first-order valence-electron chi connectivity index (χ1n) is 15.5. The number of benzene rings is 2. The molecular formula is C33H38F3N7O2. The standard InChI is InChI=1S/C33H38F3N7O2/c1-37-26(14-17-45-20-33(34,35)36)32(44)43-16-3-5-29(43)31-40-19-28(42-31)24-12-8-22(9-13-24)21-6-10-23(11-7-21)27-18-39-30(41-27)25-4-2-15-38-25/h6-13,18-19,25-26,29,37-38H,2-5,14-17,20H2,1H3,(H,39,41)(H,40,42). The second kappa shape index (κ2) is 13.6. The van der Waals surface area contributed by atoms with Crippen molar-refractivity contribution in [1.29, 1.82) is 0 Å². The van der Waals surface area contributed by atoms with E-state index in [9.17, 15) is 18.0 Å². The van der Waals surface area contributed by atoms with Gasteiger partial charge in [-0.2, -0.15) is 13.2 Å². The minimum absolute atomic E-state index is 0.148. The molecule has 4 N–H and O–H groups in total. The quantitative estimate of drug-likeness (QED) is 0.158. The van der Waals surface area contributed by atoms with Crippen LogP contribution in [-0.4, -0.2) is 76.3 Å². The number of hydrogen-bond acceptors (Lipinski definition) is 6. The van der Waals surface area contributed by atoms with Crippen molar-refractivity contribution in [1.82, 2.24) is 35.5 Å². The van der Waals surface area contributed by atoms with E-state index in [0.29, 0.717) is 18.4 Å². The van der Waals surface area contributed by atoms with Gasteiger partial charge in [-0.3, -0.25) is 4.79 Å². The highest BCUT2D eigenvalue weighted by molar-refractivity contribution is 5.82. The lowest BCUT2D eigenvalue weighted by atomic mass is 10.0. The molecule has 1 amide bonds. The van der Waals surface area contributed by atoms with E-state index in [0.717, 1.165) is 65.3 Å². The summed E-state index contributed by atoms with van der Waals surface area (Å²) < 4.78 is 41.9. The van der Waals surface area contributed by atoms with Gasteiger partial charge in [-0.1, -0.05) is 48.5 Å². The first-order valence-corrected chi connectivity index (χ1v) is 15.5. The van der Waals surface area contributed by atoms with E-state index in [2.05, 4.69) is 67.0 Å². The number of carbonyl (C=O) groups excluding carboxylic acids is 1. The maximum absolute atomic E-state index is 13.3. The average Bonchev–Trinajstić information content (AvgIpc) is 3.87. The SMILES string of the molecule is CNC(CCOCC(F)(F)F)C(=O)N1CCCC1c1ncc(-c2ccc(-c3ccc(-c4cnc(C5CCCN5)[nH]4)cc3)cc2)[nH]1. The normalized spacial score (nSPS) is 19.3. The van der Waals surface area contributed by atoms with Crippen molar-refractivity contribution in [2.24, 2.45) is 0 Å². The first-order chi connectivity index (χ1) is 21.8. The Balaban J connectivity index is 1.08. The molecule has 0 radical (unpaired) electrons. The molecule has 0 saturated carbocycles. The van der Waals surface area contributed by atoms with Crippen LogP contribution in [0.2, 0.25) is 0 Å². The molecule has 4 aromatic rings. The van der Waals surface area contributed by atoms with Crippen LogP contribution in [0, 0.1) is 0 Å². The van der Waals surface area contributed by atoms with Crippen molar-refractivity contribution >= 4 is 5.91 Å². The molecule has 0 bridgehead atoms. The number of nitrogens with one attached hydrogen (secondary N) is 4. The molecule has 2 aromatic heterocycles. The van der Waals surface area contributed by atoms with Gasteiger partial charge in [-0.15, -0.1) is 0 Å². The fraction of sp³-hybridized carbons (Fsp3) is 0.424. The van der Waals surface area contributed by atoms with Crippen LogP contribution < -0.4 is 10.6 Å². The zero-order valence-electron chi connectivity index (χ0n) is 25.2. The number of halogens is 3. The van der Waals surface area contributed by atoms with Gasteiger partial charge in [0.15, 0.2) is 0 Å². The molecular weight excluding hydrogens is 583 g/mol. The number of ether oxygens (including phenoxy) is 1. The minimum Gasteiger partial charge on any atom is -0.372 e. The smallest absolute Gasteiger partial charge is 0.372 e. The average molecular weight is 622 g/mol. The summed E-state index contributed by atoms with van der Waals surface area (Å²) in [5, 5.41) is 6.41. The highest BCUT2D eigenvalue weighted by Gasteiger charge is 2.35. The third-order valence-corrected chi connectivity index (χ3v) is 8.62. The van der Waals surface area contributed by atoms with Crippen LogP contribution in [0.15, 0.2) is 60.9 Å². The van der Waals surface area contributed by atoms with E-state index < -0.39 is 18.8 Å². The summed E-state index contributed by atoms with van der Waals surface area (Å²) in [6.45, 7) is 0.111. The molecule has 3 unspecified atom stereocenters. The zero-order valence-corrected chi connectivity index (χ0v) is 25.2. The van der Waals surface area contributed by atoms with E-state index in [1.54, 1.807) is 18.1 Å². The number of likely N-dealkylation sites (tertiary alicyclic amines) is 1. The van der Waals surface area contributed by atoms with E-state index in [4.69, 9.17) is 4.74 Å². The molecule has 2 aliphatic heterocycles. The van der Waals surface area contributed by atoms with Crippen molar-refractivity contribution in [3.63, 3.8) is 0 Å². The first kappa shape index (κ1) is 31.0. The lowest BCUT2D eigenvalue weighted by Crippen LogP contribution is -2.45. The Morgan fingerprint density at radius 2 is 1.53 bits per heavy atom. The fourth-order valence-corrected chi connectivity index (χ4v) is 6.21. The Morgan fingerprint density at radius 3 is 2.11 bits per heavy atom. The van der Waals surface area contributed by atoms with Gasteiger partial charge in [0.25, 0.3) is 0 Å². The monoisotopic (exact) mass is 621 g/mol. The molecule has 0 aliphatic carbocycles. The van der Waals surface area contributed by atoms with Gasteiger partial charge in [-0.05, 0) is 68.0 Å². The summed E-state index contributed by atoms with van der Waals surface area (Å²) in [6, 6.07) is 16.1.